The molecule has 20 heavy (non-hydrogen) atoms. The summed E-state index contributed by atoms with van der Waals surface area (Å²) in [6.07, 6.45) is 1.66. The largest absolute Gasteiger partial charge is 0.480 e. The summed E-state index contributed by atoms with van der Waals surface area (Å²) in [5.41, 5.74) is 0.310. The van der Waals surface area contributed by atoms with Crippen LogP contribution in [-0.4, -0.2) is 28.0 Å². The van der Waals surface area contributed by atoms with E-state index in [0.29, 0.717) is 27.9 Å². The number of amides is 1. The summed E-state index contributed by atoms with van der Waals surface area (Å²) in [7, 11) is 0. The molecular weight excluding hydrogens is 280 g/mol. The molecule has 2 rings (SSSR count). The van der Waals surface area contributed by atoms with Crippen molar-refractivity contribution in [3.8, 4) is 0 Å². The molecule has 104 valence electrons. The first-order chi connectivity index (χ1) is 9.54. The quantitative estimate of drug-likeness (QED) is 0.849. The Hall–Kier alpha value is -2.14. The lowest BCUT2D eigenvalue weighted by Crippen LogP contribution is -2.40. The number of nitrogens with zero attached hydrogens (tertiary/aromatic N) is 1. The number of benzene rings is 1. The first-order valence-corrected chi connectivity index (χ1v) is 6.49. The van der Waals surface area contributed by atoms with E-state index in [1.165, 1.54) is 6.20 Å². The van der Waals surface area contributed by atoms with Crippen LogP contribution in [0.3, 0.4) is 0 Å². The maximum Gasteiger partial charge on any atom is 0.326 e. The SMILES string of the molecule is CC[C@H](NC(=O)c1cnc(Cl)c2ccccc12)C(=O)O. The van der Waals surface area contributed by atoms with E-state index in [2.05, 4.69) is 10.3 Å². The third-order valence-electron chi connectivity index (χ3n) is 3.00. The molecule has 0 saturated heterocycles. The van der Waals surface area contributed by atoms with Crippen molar-refractivity contribution in [1.29, 1.82) is 0 Å². The Bertz CT molecular complexity index is 673. The van der Waals surface area contributed by atoms with Crippen LogP contribution in [0.15, 0.2) is 30.5 Å². The van der Waals surface area contributed by atoms with E-state index in [4.69, 9.17) is 16.7 Å². The molecule has 0 radical (unpaired) electrons. The number of nitrogens with one attached hydrogen (secondary N) is 1. The third kappa shape index (κ3) is 2.72. The number of carboxylic acid groups (broad SMARTS) is 1. The smallest absolute Gasteiger partial charge is 0.326 e. The van der Waals surface area contributed by atoms with Gasteiger partial charge in [0.25, 0.3) is 5.91 Å². The van der Waals surface area contributed by atoms with Gasteiger partial charge in [0.2, 0.25) is 0 Å². The van der Waals surface area contributed by atoms with E-state index in [0.717, 1.165) is 0 Å². The van der Waals surface area contributed by atoms with Gasteiger partial charge < -0.3 is 10.4 Å². The highest BCUT2D eigenvalue weighted by atomic mass is 35.5. The zero-order valence-corrected chi connectivity index (χ0v) is 11.5. The average Bonchev–Trinajstić information content (AvgIpc) is 2.45. The van der Waals surface area contributed by atoms with Crippen LogP contribution in [0.5, 0.6) is 0 Å². The van der Waals surface area contributed by atoms with Crippen LogP contribution in [0, 0.1) is 0 Å². The molecule has 0 aliphatic heterocycles. The summed E-state index contributed by atoms with van der Waals surface area (Å²) in [5.74, 6) is -1.54. The highest BCUT2D eigenvalue weighted by molar-refractivity contribution is 6.34. The number of aromatic nitrogens is 1. The molecule has 0 aliphatic rings. The molecule has 0 spiro atoms. The van der Waals surface area contributed by atoms with E-state index in [1.807, 2.05) is 0 Å². The Morgan fingerprint density at radius 1 is 1.35 bits per heavy atom. The van der Waals surface area contributed by atoms with Gasteiger partial charge in [-0.3, -0.25) is 4.79 Å². The number of rotatable bonds is 4. The molecule has 0 fully saturated rings. The number of hydrogen-bond donors (Lipinski definition) is 2. The molecule has 5 nitrogen and oxygen atoms in total. The summed E-state index contributed by atoms with van der Waals surface area (Å²) >= 11 is 5.98. The van der Waals surface area contributed by atoms with Gasteiger partial charge in [-0.05, 0) is 11.8 Å². The molecule has 0 unspecified atom stereocenters. The second-order valence-electron chi connectivity index (χ2n) is 4.28. The molecular formula is C14H13ClN2O3. The van der Waals surface area contributed by atoms with Gasteiger partial charge in [-0.2, -0.15) is 0 Å². The lowest BCUT2D eigenvalue weighted by Gasteiger charge is -2.13. The number of carbonyl (C=O) groups excluding carboxylic acids is 1. The van der Waals surface area contributed by atoms with Crippen molar-refractivity contribution in [2.45, 2.75) is 19.4 Å². The van der Waals surface area contributed by atoms with Gasteiger partial charge in [-0.1, -0.05) is 42.8 Å². The number of hydrogen-bond acceptors (Lipinski definition) is 3. The van der Waals surface area contributed by atoms with Crippen molar-refractivity contribution in [3.05, 3.63) is 41.2 Å². The van der Waals surface area contributed by atoms with Gasteiger partial charge in [0.05, 0.1) is 5.56 Å². The van der Waals surface area contributed by atoms with Crippen LogP contribution >= 0.6 is 11.6 Å². The first kappa shape index (κ1) is 14.3. The Morgan fingerprint density at radius 2 is 2.00 bits per heavy atom. The highest BCUT2D eigenvalue weighted by Crippen LogP contribution is 2.24. The lowest BCUT2D eigenvalue weighted by molar-refractivity contribution is -0.139. The van der Waals surface area contributed by atoms with Crippen molar-refractivity contribution < 1.29 is 14.7 Å². The zero-order chi connectivity index (χ0) is 14.7. The van der Waals surface area contributed by atoms with E-state index < -0.39 is 17.9 Å². The summed E-state index contributed by atoms with van der Waals surface area (Å²) in [4.78, 5) is 27.1. The summed E-state index contributed by atoms with van der Waals surface area (Å²) < 4.78 is 0. The zero-order valence-electron chi connectivity index (χ0n) is 10.8. The van der Waals surface area contributed by atoms with Crippen LogP contribution in [0.4, 0.5) is 0 Å². The van der Waals surface area contributed by atoms with Crippen LogP contribution in [0.1, 0.15) is 23.7 Å². The molecule has 1 amide bonds. The molecule has 0 aliphatic carbocycles. The molecule has 6 heteroatoms. The summed E-state index contributed by atoms with van der Waals surface area (Å²) in [5, 5.41) is 13.1. The molecule has 0 bridgehead atoms. The number of aliphatic carboxylic acids is 1. The molecule has 1 atom stereocenters. The van der Waals surface area contributed by atoms with Gasteiger partial charge >= 0.3 is 5.97 Å². The Morgan fingerprint density at radius 3 is 2.60 bits per heavy atom. The monoisotopic (exact) mass is 292 g/mol. The Labute approximate surface area is 120 Å². The van der Waals surface area contributed by atoms with Gasteiger partial charge in [-0.15, -0.1) is 0 Å². The Kier molecular flexibility index (Phi) is 4.20. The van der Waals surface area contributed by atoms with E-state index in [9.17, 15) is 9.59 Å². The molecule has 2 N–H and O–H groups in total. The standard InChI is InChI=1S/C14H13ClN2O3/c1-2-11(14(19)20)17-13(18)10-7-16-12(15)9-6-4-3-5-8(9)10/h3-7,11H,2H2,1H3,(H,17,18)(H,19,20)/t11-/m0/s1. The van der Waals surface area contributed by atoms with Gasteiger partial charge in [0, 0.05) is 11.6 Å². The van der Waals surface area contributed by atoms with Gasteiger partial charge in [-0.25, -0.2) is 9.78 Å². The molecule has 2 aromatic rings. The maximum atomic E-state index is 12.2. The number of fused-ring (bicyclic) bond motifs is 1. The number of halogens is 1. The van der Waals surface area contributed by atoms with E-state index >= 15 is 0 Å². The van der Waals surface area contributed by atoms with Crippen molar-refractivity contribution in [2.75, 3.05) is 0 Å². The maximum absolute atomic E-state index is 12.2. The Balaban J connectivity index is 2.40. The first-order valence-electron chi connectivity index (χ1n) is 6.11. The number of pyridine rings is 1. The summed E-state index contributed by atoms with van der Waals surface area (Å²) in [6.45, 7) is 1.69. The van der Waals surface area contributed by atoms with Crippen molar-refractivity contribution in [2.24, 2.45) is 0 Å². The number of carbonyl (C=O) groups is 2. The minimum Gasteiger partial charge on any atom is -0.480 e. The highest BCUT2D eigenvalue weighted by Gasteiger charge is 2.20. The molecule has 0 saturated carbocycles. The molecule has 1 aromatic heterocycles. The van der Waals surface area contributed by atoms with Crippen LogP contribution < -0.4 is 5.32 Å². The fourth-order valence-corrected chi connectivity index (χ4v) is 2.13. The number of carboxylic acids is 1. The topological polar surface area (TPSA) is 79.3 Å². The minimum atomic E-state index is -1.06. The molecule has 1 heterocycles. The fraction of sp³-hybridized carbons (Fsp3) is 0.214. The van der Waals surface area contributed by atoms with E-state index in [-0.39, 0.29) is 0 Å². The van der Waals surface area contributed by atoms with E-state index in [1.54, 1.807) is 31.2 Å². The normalized spacial score (nSPS) is 12.1. The second kappa shape index (κ2) is 5.88. The van der Waals surface area contributed by atoms with Crippen LogP contribution in [0.25, 0.3) is 10.8 Å². The minimum absolute atomic E-state index is 0.306. The predicted molar refractivity (Wildman–Crippen MR) is 75.9 cm³/mol. The average molecular weight is 293 g/mol. The van der Waals surface area contributed by atoms with Crippen molar-refractivity contribution >= 4 is 34.2 Å². The fourth-order valence-electron chi connectivity index (χ4n) is 1.91. The van der Waals surface area contributed by atoms with Crippen LogP contribution in [0.2, 0.25) is 5.15 Å². The predicted octanol–water partition coefficient (Wildman–Crippen LogP) is 2.48. The van der Waals surface area contributed by atoms with Crippen molar-refractivity contribution in [3.63, 3.8) is 0 Å². The van der Waals surface area contributed by atoms with Crippen molar-refractivity contribution in [1.82, 2.24) is 10.3 Å². The second-order valence-corrected chi connectivity index (χ2v) is 4.64. The third-order valence-corrected chi connectivity index (χ3v) is 3.30. The molecule has 1 aromatic carbocycles. The summed E-state index contributed by atoms with van der Waals surface area (Å²) in [6, 6.07) is 6.17. The van der Waals surface area contributed by atoms with Crippen LogP contribution in [-0.2, 0) is 4.79 Å². The van der Waals surface area contributed by atoms with Gasteiger partial charge in [0.1, 0.15) is 11.2 Å². The van der Waals surface area contributed by atoms with Gasteiger partial charge in [0.15, 0.2) is 0 Å². The lowest BCUT2D eigenvalue weighted by atomic mass is 10.1.